The summed E-state index contributed by atoms with van der Waals surface area (Å²) < 4.78 is 5.14. The van der Waals surface area contributed by atoms with Gasteiger partial charge >= 0.3 is 0 Å². The van der Waals surface area contributed by atoms with E-state index in [-0.39, 0.29) is 0 Å². The Morgan fingerprint density at radius 3 is 3.13 bits per heavy atom. The van der Waals surface area contributed by atoms with Crippen molar-refractivity contribution >= 4 is 0 Å². The minimum atomic E-state index is 0.439. The smallest absolute Gasteiger partial charge is 0.217 e. The maximum absolute atomic E-state index is 5.65. The summed E-state index contributed by atoms with van der Waals surface area (Å²) in [4.78, 5) is 4.27. The molecule has 0 radical (unpaired) electrons. The molecule has 3 N–H and O–H groups in total. The van der Waals surface area contributed by atoms with Gasteiger partial charge < -0.3 is 15.8 Å². The van der Waals surface area contributed by atoms with Crippen molar-refractivity contribution < 1.29 is 4.74 Å². The highest BCUT2D eigenvalue weighted by Crippen LogP contribution is 2.25. The Morgan fingerprint density at radius 2 is 2.53 bits per heavy atom. The van der Waals surface area contributed by atoms with Crippen LogP contribution < -0.4 is 15.8 Å². The lowest BCUT2D eigenvalue weighted by atomic mass is 10.1. The summed E-state index contributed by atoms with van der Waals surface area (Å²) in [6.07, 6.45) is 4.29. The molecule has 1 unspecified atom stereocenters. The number of hydrogen-bond donors (Lipinski definition) is 2. The number of pyridine rings is 1. The number of nitrogens with two attached hydrogens (primary N) is 1. The normalized spacial score (nSPS) is 20.5. The summed E-state index contributed by atoms with van der Waals surface area (Å²) >= 11 is 0. The van der Waals surface area contributed by atoms with Crippen LogP contribution in [0.25, 0.3) is 0 Å². The molecule has 1 aromatic heterocycles. The van der Waals surface area contributed by atoms with E-state index in [1.807, 2.05) is 6.20 Å². The largest absolute Gasteiger partial charge is 0.481 e. The molecule has 1 aromatic rings. The van der Waals surface area contributed by atoms with Crippen molar-refractivity contribution in [2.24, 2.45) is 5.73 Å². The standard InChI is InChI=1S/C11H17N3O/c1-15-11-8(6-12)5-9(7-14-11)10-3-2-4-13-10/h5,7,10,13H,2-4,6,12H2,1H3. The average molecular weight is 207 g/mol. The van der Waals surface area contributed by atoms with Crippen molar-refractivity contribution in [2.45, 2.75) is 25.4 Å². The van der Waals surface area contributed by atoms with Gasteiger partial charge in [-0.2, -0.15) is 0 Å². The summed E-state index contributed by atoms with van der Waals surface area (Å²) in [5, 5.41) is 3.44. The fourth-order valence-corrected chi connectivity index (χ4v) is 2.01. The van der Waals surface area contributed by atoms with Crippen LogP contribution in [0.2, 0.25) is 0 Å². The number of ether oxygens (including phenoxy) is 1. The molecule has 0 aliphatic carbocycles. The first kappa shape index (κ1) is 10.4. The minimum Gasteiger partial charge on any atom is -0.481 e. The van der Waals surface area contributed by atoms with Gasteiger partial charge in [-0.3, -0.25) is 0 Å². The number of nitrogens with one attached hydrogen (secondary N) is 1. The third-order valence-corrected chi connectivity index (χ3v) is 2.82. The van der Waals surface area contributed by atoms with Gasteiger partial charge in [0.15, 0.2) is 0 Å². The fourth-order valence-electron chi connectivity index (χ4n) is 2.01. The van der Waals surface area contributed by atoms with E-state index in [0.29, 0.717) is 18.5 Å². The molecule has 0 aromatic carbocycles. The van der Waals surface area contributed by atoms with E-state index in [2.05, 4.69) is 16.4 Å². The van der Waals surface area contributed by atoms with Gasteiger partial charge in [0.05, 0.1) is 7.11 Å². The lowest BCUT2D eigenvalue weighted by Gasteiger charge is -2.13. The molecule has 2 heterocycles. The van der Waals surface area contributed by atoms with E-state index >= 15 is 0 Å². The molecule has 1 saturated heterocycles. The first-order valence-corrected chi connectivity index (χ1v) is 5.31. The van der Waals surface area contributed by atoms with Gasteiger partial charge in [-0.05, 0) is 31.0 Å². The number of nitrogens with zero attached hydrogens (tertiary/aromatic N) is 1. The molecule has 0 spiro atoms. The summed E-state index contributed by atoms with van der Waals surface area (Å²) in [5.41, 5.74) is 7.85. The van der Waals surface area contributed by atoms with Crippen molar-refractivity contribution in [2.75, 3.05) is 13.7 Å². The summed E-state index contributed by atoms with van der Waals surface area (Å²) in [5.74, 6) is 0.638. The van der Waals surface area contributed by atoms with E-state index in [1.54, 1.807) is 7.11 Å². The number of methoxy groups -OCH3 is 1. The summed E-state index contributed by atoms with van der Waals surface area (Å²) in [7, 11) is 1.62. The number of aromatic nitrogens is 1. The van der Waals surface area contributed by atoms with Gasteiger partial charge in [-0.15, -0.1) is 0 Å². The Kier molecular flexibility index (Phi) is 3.18. The zero-order valence-electron chi connectivity index (χ0n) is 8.99. The molecular weight excluding hydrogens is 190 g/mol. The second-order valence-corrected chi connectivity index (χ2v) is 3.79. The van der Waals surface area contributed by atoms with E-state index in [0.717, 1.165) is 12.1 Å². The average Bonchev–Trinajstić information content (AvgIpc) is 2.81. The van der Waals surface area contributed by atoms with Crippen LogP contribution in [-0.4, -0.2) is 18.6 Å². The van der Waals surface area contributed by atoms with Crippen LogP contribution in [-0.2, 0) is 6.54 Å². The molecule has 0 amide bonds. The topological polar surface area (TPSA) is 60.2 Å². The van der Waals surface area contributed by atoms with Gasteiger partial charge in [0, 0.05) is 24.3 Å². The maximum Gasteiger partial charge on any atom is 0.217 e. The maximum atomic E-state index is 5.65. The quantitative estimate of drug-likeness (QED) is 0.775. The van der Waals surface area contributed by atoms with Crippen molar-refractivity contribution in [3.63, 3.8) is 0 Å². The predicted octanol–water partition coefficient (Wildman–Crippen LogP) is 0.973. The van der Waals surface area contributed by atoms with E-state index in [1.165, 1.54) is 18.4 Å². The Labute approximate surface area is 89.8 Å². The van der Waals surface area contributed by atoms with Crippen LogP contribution in [0.5, 0.6) is 5.88 Å². The van der Waals surface area contributed by atoms with Crippen molar-refractivity contribution in [3.05, 3.63) is 23.4 Å². The molecule has 0 bridgehead atoms. The minimum absolute atomic E-state index is 0.439. The Bertz CT molecular complexity index is 335. The third kappa shape index (κ3) is 2.11. The summed E-state index contributed by atoms with van der Waals surface area (Å²) in [6, 6.07) is 2.53. The van der Waals surface area contributed by atoms with E-state index in [9.17, 15) is 0 Å². The molecule has 4 heteroatoms. The van der Waals surface area contributed by atoms with Crippen molar-refractivity contribution in [1.82, 2.24) is 10.3 Å². The molecule has 1 aliphatic heterocycles. The van der Waals surface area contributed by atoms with Gasteiger partial charge in [-0.1, -0.05) is 0 Å². The van der Waals surface area contributed by atoms with Gasteiger partial charge in [0.2, 0.25) is 5.88 Å². The van der Waals surface area contributed by atoms with Crippen LogP contribution in [0.1, 0.15) is 30.0 Å². The first-order chi connectivity index (χ1) is 7.35. The molecule has 1 fully saturated rings. The highest BCUT2D eigenvalue weighted by atomic mass is 16.5. The second-order valence-electron chi connectivity index (χ2n) is 3.79. The molecule has 1 aliphatic rings. The van der Waals surface area contributed by atoms with Crippen LogP contribution in [0, 0.1) is 0 Å². The molecule has 1 atom stereocenters. The van der Waals surface area contributed by atoms with Crippen LogP contribution in [0.15, 0.2) is 12.3 Å². The molecule has 2 rings (SSSR count). The highest BCUT2D eigenvalue weighted by molar-refractivity contribution is 5.31. The molecule has 4 nitrogen and oxygen atoms in total. The first-order valence-electron chi connectivity index (χ1n) is 5.31. The zero-order chi connectivity index (χ0) is 10.7. The molecular formula is C11H17N3O. The number of rotatable bonds is 3. The number of hydrogen-bond acceptors (Lipinski definition) is 4. The lowest BCUT2D eigenvalue weighted by Crippen LogP contribution is -2.14. The monoisotopic (exact) mass is 207 g/mol. The Balaban J connectivity index is 2.25. The van der Waals surface area contributed by atoms with Gasteiger partial charge in [0.1, 0.15) is 0 Å². The molecule has 82 valence electrons. The van der Waals surface area contributed by atoms with Crippen molar-refractivity contribution in [1.29, 1.82) is 0 Å². The SMILES string of the molecule is COc1ncc(C2CCCN2)cc1CN. The molecule has 15 heavy (non-hydrogen) atoms. The van der Waals surface area contributed by atoms with Gasteiger partial charge in [0.25, 0.3) is 0 Å². The lowest BCUT2D eigenvalue weighted by molar-refractivity contribution is 0.392. The fraction of sp³-hybridized carbons (Fsp3) is 0.545. The van der Waals surface area contributed by atoms with E-state index < -0.39 is 0 Å². The Hall–Kier alpha value is -1.13. The third-order valence-electron chi connectivity index (χ3n) is 2.82. The molecule has 0 saturated carbocycles. The summed E-state index contributed by atoms with van der Waals surface area (Å²) in [6.45, 7) is 1.56. The van der Waals surface area contributed by atoms with Crippen molar-refractivity contribution in [3.8, 4) is 5.88 Å². The van der Waals surface area contributed by atoms with Crippen LogP contribution in [0.4, 0.5) is 0 Å². The predicted molar refractivity (Wildman–Crippen MR) is 58.7 cm³/mol. The van der Waals surface area contributed by atoms with Crippen LogP contribution in [0.3, 0.4) is 0 Å². The second kappa shape index (κ2) is 4.59. The highest BCUT2D eigenvalue weighted by Gasteiger charge is 2.17. The van der Waals surface area contributed by atoms with Gasteiger partial charge in [-0.25, -0.2) is 4.98 Å². The van der Waals surface area contributed by atoms with Crippen LogP contribution >= 0.6 is 0 Å². The Morgan fingerprint density at radius 1 is 1.67 bits per heavy atom. The van der Waals surface area contributed by atoms with E-state index in [4.69, 9.17) is 10.5 Å². The zero-order valence-corrected chi connectivity index (χ0v) is 8.99.